The molecule has 0 fully saturated rings. The van der Waals surface area contributed by atoms with Gasteiger partial charge in [-0.1, -0.05) is 13.8 Å². The fourth-order valence-corrected chi connectivity index (χ4v) is 3.22. The maximum absolute atomic E-state index is 5.81. The lowest BCUT2D eigenvalue weighted by atomic mass is 10.2. The van der Waals surface area contributed by atoms with E-state index in [9.17, 15) is 0 Å². The first-order chi connectivity index (χ1) is 10.0. The third kappa shape index (κ3) is 3.96. The molecular formula is C15H27N5S. The summed E-state index contributed by atoms with van der Waals surface area (Å²) in [6, 6.07) is 0. The lowest BCUT2D eigenvalue weighted by molar-refractivity contribution is 0.408. The Balaban J connectivity index is 2.32. The van der Waals surface area contributed by atoms with Crippen molar-refractivity contribution in [2.75, 3.05) is 45.2 Å². The van der Waals surface area contributed by atoms with Gasteiger partial charge < -0.3 is 15.5 Å². The van der Waals surface area contributed by atoms with Crippen molar-refractivity contribution in [3.8, 4) is 0 Å². The average Bonchev–Trinajstić information content (AvgIpc) is 2.97. The normalized spacial score (nSPS) is 12.0. The van der Waals surface area contributed by atoms with Gasteiger partial charge in [-0.05, 0) is 26.6 Å². The van der Waals surface area contributed by atoms with Gasteiger partial charge in [-0.25, -0.2) is 4.98 Å². The monoisotopic (exact) mass is 309 g/mol. The maximum Gasteiger partial charge on any atom is 0.195 e. The summed E-state index contributed by atoms with van der Waals surface area (Å²) in [7, 11) is 4.22. The zero-order chi connectivity index (χ0) is 15.4. The average molecular weight is 309 g/mol. The van der Waals surface area contributed by atoms with Gasteiger partial charge in [0, 0.05) is 37.6 Å². The van der Waals surface area contributed by atoms with Crippen molar-refractivity contribution >= 4 is 22.1 Å². The molecule has 0 aliphatic carbocycles. The van der Waals surface area contributed by atoms with Gasteiger partial charge >= 0.3 is 0 Å². The molecule has 0 bridgehead atoms. The first-order valence-corrected chi connectivity index (χ1v) is 8.45. The molecule has 6 heteroatoms. The van der Waals surface area contributed by atoms with Crippen LogP contribution in [-0.4, -0.2) is 54.6 Å². The highest BCUT2D eigenvalue weighted by Crippen LogP contribution is 2.25. The second-order valence-electron chi connectivity index (χ2n) is 6.12. The van der Waals surface area contributed by atoms with Crippen molar-refractivity contribution in [3.63, 3.8) is 0 Å². The number of nitrogens with zero attached hydrogens (tertiary/aromatic N) is 4. The first kappa shape index (κ1) is 16.3. The lowest BCUT2D eigenvalue weighted by Crippen LogP contribution is -2.35. The Labute approximate surface area is 131 Å². The van der Waals surface area contributed by atoms with Crippen molar-refractivity contribution in [2.24, 2.45) is 11.7 Å². The van der Waals surface area contributed by atoms with Crippen molar-refractivity contribution in [1.29, 1.82) is 0 Å². The van der Waals surface area contributed by atoms with E-state index in [0.717, 1.165) is 36.8 Å². The van der Waals surface area contributed by atoms with E-state index in [-0.39, 0.29) is 0 Å². The number of rotatable bonds is 8. The molecule has 2 heterocycles. The van der Waals surface area contributed by atoms with E-state index < -0.39 is 0 Å². The van der Waals surface area contributed by atoms with Crippen LogP contribution in [0.3, 0.4) is 0 Å². The molecule has 0 aliphatic heterocycles. The molecule has 2 aromatic heterocycles. The van der Waals surface area contributed by atoms with Gasteiger partial charge in [-0.15, -0.1) is 11.3 Å². The number of hydrogen-bond donors (Lipinski definition) is 1. The Morgan fingerprint density at radius 1 is 1.33 bits per heavy atom. The largest absolute Gasteiger partial charge is 0.354 e. The van der Waals surface area contributed by atoms with Gasteiger partial charge in [-0.2, -0.15) is 0 Å². The van der Waals surface area contributed by atoms with Gasteiger partial charge in [0.05, 0.1) is 5.69 Å². The molecular weight excluding hydrogens is 282 g/mol. The molecule has 0 spiro atoms. The SMILES string of the molecule is CC(C)CN(CCN(C)C)c1nc2sccn2c1CCN. The highest BCUT2D eigenvalue weighted by atomic mass is 32.1. The topological polar surface area (TPSA) is 49.8 Å². The standard InChI is InChI=1S/C15H27N5S/c1-12(2)11-19(8-7-18(3)4)14-13(5-6-16)20-9-10-21-15(20)17-14/h9-10,12H,5-8,11,16H2,1-4H3. The van der Waals surface area contributed by atoms with Gasteiger partial charge in [0.1, 0.15) is 0 Å². The van der Waals surface area contributed by atoms with E-state index >= 15 is 0 Å². The zero-order valence-corrected chi connectivity index (χ0v) is 14.4. The summed E-state index contributed by atoms with van der Waals surface area (Å²) in [4.78, 5) is 10.5. The number of anilines is 1. The number of fused-ring (bicyclic) bond motifs is 1. The summed E-state index contributed by atoms with van der Waals surface area (Å²) < 4.78 is 2.19. The summed E-state index contributed by atoms with van der Waals surface area (Å²) in [6.07, 6.45) is 2.96. The van der Waals surface area contributed by atoms with Crippen LogP contribution in [0.1, 0.15) is 19.5 Å². The van der Waals surface area contributed by atoms with Crippen LogP contribution >= 0.6 is 11.3 Å². The molecule has 0 aliphatic rings. The maximum atomic E-state index is 5.81. The molecule has 0 atom stereocenters. The molecule has 0 unspecified atom stereocenters. The second-order valence-corrected chi connectivity index (χ2v) is 6.99. The minimum Gasteiger partial charge on any atom is -0.354 e. The third-order valence-corrected chi connectivity index (χ3v) is 4.18. The quantitative estimate of drug-likeness (QED) is 0.809. The molecule has 118 valence electrons. The Kier molecular flexibility index (Phi) is 5.61. The highest BCUT2D eigenvalue weighted by molar-refractivity contribution is 7.15. The highest BCUT2D eigenvalue weighted by Gasteiger charge is 2.19. The van der Waals surface area contributed by atoms with Crippen molar-refractivity contribution in [2.45, 2.75) is 20.3 Å². The van der Waals surface area contributed by atoms with Crippen molar-refractivity contribution in [1.82, 2.24) is 14.3 Å². The number of aromatic nitrogens is 2. The van der Waals surface area contributed by atoms with Crippen LogP contribution in [0.25, 0.3) is 4.96 Å². The van der Waals surface area contributed by atoms with Crippen LogP contribution in [0.5, 0.6) is 0 Å². The predicted molar refractivity (Wildman–Crippen MR) is 91.4 cm³/mol. The molecule has 0 aromatic carbocycles. The van der Waals surface area contributed by atoms with E-state index in [0.29, 0.717) is 12.5 Å². The van der Waals surface area contributed by atoms with Gasteiger partial charge in [0.15, 0.2) is 10.8 Å². The summed E-state index contributed by atoms with van der Waals surface area (Å²) in [5.41, 5.74) is 7.05. The molecule has 21 heavy (non-hydrogen) atoms. The van der Waals surface area contributed by atoms with E-state index in [2.05, 4.69) is 53.7 Å². The molecule has 0 radical (unpaired) electrons. The van der Waals surface area contributed by atoms with Crippen molar-refractivity contribution < 1.29 is 0 Å². The molecule has 5 nitrogen and oxygen atoms in total. The van der Waals surface area contributed by atoms with Gasteiger partial charge in [0.2, 0.25) is 0 Å². The zero-order valence-electron chi connectivity index (χ0n) is 13.5. The fourth-order valence-electron chi connectivity index (χ4n) is 2.49. The summed E-state index contributed by atoms with van der Waals surface area (Å²) in [5, 5.41) is 2.08. The Bertz CT molecular complexity index is 557. The van der Waals surface area contributed by atoms with Crippen LogP contribution in [-0.2, 0) is 6.42 Å². The second kappa shape index (κ2) is 7.24. The summed E-state index contributed by atoms with van der Waals surface area (Å²) in [5.74, 6) is 1.72. The Hall–Kier alpha value is -1.11. The lowest BCUT2D eigenvalue weighted by Gasteiger charge is -2.27. The molecule has 2 aromatic rings. The molecule has 0 saturated carbocycles. The smallest absolute Gasteiger partial charge is 0.195 e. The molecule has 0 saturated heterocycles. The number of thiazole rings is 1. The summed E-state index contributed by atoms with van der Waals surface area (Å²) >= 11 is 1.68. The van der Waals surface area contributed by atoms with Gasteiger partial charge in [-0.3, -0.25) is 4.40 Å². The van der Waals surface area contributed by atoms with Crippen LogP contribution in [0.15, 0.2) is 11.6 Å². The van der Waals surface area contributed by atoms with E-state index in [1.54, 1.807) is 11.3 Å². The Morgan fingerprint density at radius 2 is 2.10 bits per heavy atom. The number of nitrogens with two attached hydrogens (primary N) is 1. The predicted octanol–water partition coefficient (Wildman–Crippen LogP) is 1.92. The van der Waals surface area contributed by atoms with Crippen LogP contribution in [0.4, 0.5) is 5.82 Å². The first-order valence-electron chi connectivity index (χ1n) is 7.57. The van der Waals surface area contributed by atoms with Crippen LogP contribution in [0.2, 0.25) is 0 Å². The summed E-state index contributed by atoms with van der Waals surface area (Å²) in [6.45, 7) is 8.21. The minimum absolute atomic E-state index is 0.609. The van der Waals surface area contributed by atoms with Crippen LogP contribution in [0, 0.1) is 5.92 Å². The van der Waals surface area contributed by atoms with E-state index in [1.165, 1.54) is 5.69 Å². The molecule has 2 rings (SSSR count). The van der Waals surface area contributed by atoms with E-state index in [4.69, 9.17) is 10.7 Å². The molecule has 2 N–H and O–H groups in total. The third-order valence-electron chi connectivity index (χ3n) is 3.42. The van der Waals surface area contributed by atoms with Gasteiger partial charge in [0.25, 0.3) is 0 Å². The number of hydrogen-bond acceptors (Lipinski definition) is 5. The Morgan fingerprint density at radius 3 is 2.71 bits per heavy atom. The van der Waals surface area contributed by atoms with Crippen molar-refractivity contribution in [3.05, 3.63) is 17.3 Å². The van der Waals surface area contributed by atoms with E-state index in [1.807, 2.05) is 0 Å². The van der Waals surface area contributed by atoms with Crippen LogP contribution < -0.4 is 10.6 Å². The number of likely N-dealkylation sites (N-methyl/N-ethyl adjacent to an activating group) is 1. The minimum atomic E-state index is 0.609. The molecule has 0 amide bonds. The fraction of sp³-hybridized carbons (Fsp3) is 0.667. The number of imidazole rings is 1.